The van der Waals surface area contributed by atoms with E-state index in [0.29, 0.717) is 6.42 Å². The molecule has 100 valence electrons. The molecule has 3 N–H and O–H groups in total. The molecule has 0 aliphatic rings. The van der Waals surface area contributed by atoms with E-state index in [1.165, 1.54) is 19.1 Å². The SMILES string of the molecule is CC(O)(CCc1ccc(OC(F)F)cc1)C(N)=O. The van der Waals surface area contributed by atoms with Gasteiger partial charge in [-0.05, 0) is 37.5 Å². The molecule has 1 aromatic carbocycles. The highest BCUT2D eigenvalue weighted by Crippen LogP contribution is 2.18. The van der Waals surface area contributed by atoms with Crippen LogP contribution in [0.2, 0.25) is 0 Å². The maximum Gasteiger partial charge on any atom is 0.387 e. The molecule has 6 heteroatoms. The molecule has 1 atom stereocenters. The quantitative estimate of drug-likeness (QED) is 0.812. The van der Waals surface area contributed by atoms with Crippen LogP contribution in [-0.2, 0) is 11.2 Å². The van der Waals surface area contributed by atoms with Gasteiger partial charge in [-0.1, -0.05) is 12.1 Å². The van der Waals surface area contributed by atoms with E-state index < -0.39 is 18.1 Å². The molecule has 1 unspecified atom stereocenters. The van der Waals surface area contributed by atoms with Gasteiger partial charge in [0.05, 0.1) is 0 Å². The number of amides is 1. The summed E-state index contributed by atoms with van der Waals surface area (Å²) in [6.07, 6.45) is 0.572. The number of benzene rings is 1. The minimum atomic E-state index is -2.86. The minimum absolute atomic E-state index is 0.0652. The molecule has 0 spiro atoms. The van der Waals surface area contributed by atoms with Crippen LogP contribution in [0.25, 0.3) is 0 Å². The number of hydrogen-bond acceptors (Lipinski definition) is 3. The van der Waals surface area contributed by atoms with Crippen molar-refractivity contribution in [2.24, 2.45) is 5.73 Å². The number of primary amides is 1. The number of alkyl halides is 2. The number of hydrogen-bond donors (Lipinski definition) is 2. The Morgan fingerprint density at radius 1 is 1.44 bits per heavy atom. The van der Waals surface area contributed by atoms with E-state index in [1.807, 2.05) is 0 Å². The lowest BCUT2D eigenvalue weighted by molar-refractivity contribution is -0.135. The van der Waals surface area contributed by atoms with E-state index in [0.717, 1.165) is 5.56 Å². The Bertz CT molecular complexity index is 404. The van der Waals surface area contributed by atoms with Crippen molar-refractivity contribution in [2.45, 2.75) is 32.0 Å². The zero-order valence-electron chi connectivity index (χ0n) is 9.90. The second kappa shape index (κ2) is 5.77. The third-order valence-corrected chi connectivity index (χ3v) is 2.58. The lowest BCUT2D eigenvalue weighted by atomic mass is 9.96. The fourth-order valence-electron chi connectivity index (χ4n) is 1.35. The number of ether oxygens (including phenoxy) is 1. The summed E-state index contributed by atoms with van der Waals surface area (Å²) in [5.74, 6) is -0.726. The fourth-order valence-corrected chi connectivity index (χ4v) is 1.35. The largest absolute Gasteiger partial charge is 0.435 e. The van der Waals surface area contributed by atoms with Gasteiger partial charge in [-0.25, -0.2) is 0 Å². The molecule has 0 aliphatic heterocycles. The third kappa shape index (κ3) is 4.29. The summed E-state index contributed by atoms with van der Waals surface area (Å²) in [6, 6.07) is 5.99. The smallest absolute Gasteiger partial charge is 0.387 e. The maximum absolute atomic E-state index is 11.9. The van der Waals surface area contributed by atoms with Crippen molar-refractivity contribution in [2.75, 3.05) is 0 Å². The number of rotatable bonds is 6. The van der Waals surface area contributed by atoms with E-state index in [9.17, 15) is 18.7 Å². The summed E-state index contributed by atoms with van der Waals surface area (Å²) in [6.45, 7) is -1.52. The number of aliphatic hydroxyl groups is 1. The van der Waals surface area contributed by atoms with E-state index in [2.05, 4.69) is 4.74 Å². The standard InChI is InChI=1S/C12H15F2NO3/c1-12(17,10(15)16)7-6-8-2-4-9(5-3-8)18-11(13)14/h2-5,11,17H,6-7H2,1H3,(H2,15,16). The molecule has 0 saturated carbocycles. The van der Waals surface area contributed by atoms with Gasteiger partial charge in [0.1, 0.15) is 11.4 Å². The van der Waals surface area contributed by atoms with Gasteiger partial charge in [-0.15, -0.1) is 0 Å². The summed E-state index contributed by atoms with van der Waals surface area (Å²) in [7, 11) is 0. The zero-order chi connectivity index (χ0) is 13.8. The summed E-state index contributed by atoms with van der Waals surface area (Å²) >= 11 is 0. The van der Waals surface area contributed by atoms with Crippen LogP contribution in [0.5, 0.6) is 5.75 Å². The Labute approximate surface area is 103 Å². The van der Waals surface area contributed by atoms with Gasteiger partial charge >= 0.3 is 6.61 Å². The molecule has 1 rings (SSSR count). The van der Waals surface area contributed by atoms with Gasteiger partial charge in [0.2, 0.25) is 5.91 Å². The third-order valence-electron chi connectivity index (χ3n) is 2.58. The number of carbonyl (C=O) groups is 1. The van der Waals surface area contributed by atoms with Crippen molar-refractivity contribution >= 4 is 5.91 Å². The van der Waals surface area contributed by atoms with Crippen molar-refractivity contribution in [3.63, 3.8) is 0 Å². The van der Waals surface area contributed by atoms with Crippen molar-refractivity contribution in [1.29, 1.82) is 0 Å². The summed E-state index contributed by atoms with van der Waals surface area (Å²) in [5, 5.41) is 9.63. The average molecular weight is 259 g/mol. The summed E-state index contributed by atoms with van der Waals surface area (Å²) in [5.41, 5.74) is 4.24. The molecule has 0 saturated heterocycles. The highest BCUT2D eigenvalue weighted by molar-refractivity contribution is 5.82. The topological polar surface area (TPSA) is 72.6 Å². The van der Waals surface area contributed by atoms with Crippen LogP contribution < -0.4 is 10.5 Å². The lowest BCUT2D eigenvalue weighted by Crippen LogP contribution is -2.41. The van der Waals surface area contributed by atoms with Gasteiger partial charge in [-0.2, -0.15) is 8.78 Å². The zero-order valence-corrected chi connectivity index (χ0v) is 9.90. The van der Waals surface area contributed by atoms with E-state index in [1.54, 1.807) is 12.1 Å². The average Bonchev–Trinajstić information content (AvgIpc) is 2.27. The van der Waals surface area contributed by atoms with Crippen LogP contribution in [0.4, 0.5) is 8.78 Å². The van der Waals surface area contributed by atoms with Gasteiger partial charge in [0.15, 0.2) is 0 Å². The minimum Gasteiger partial charge on any atom is -0.435 e. The molecule has 0 radical (unpaired) electrons. The predicted molar refractivity (Wildman–Crippen MR) is 61.2 cm³/mol. The second-order valence-corrected chi connectivity index (χ2v) is 4.16. The van der Waals surface area contributed by atoms with Crippen molar-refractivity contribution in [3.05, 3.63) is 29.8 Å². The number of carbonyl (C=O) groups excluding carboxylic acids is 1. The summed E-state index contributed by atoms with van der Waals surface area (Å²) in [4.78, 5) is 10.9. The molecule has 0 bridgehead atoms. The monoisotopic (exact) mass is 259 g/mol. The Kier molecular flexibility index (Phi) is 4.61. The van der Waals surface area contributed by atoms with Crippen molar-refractivity contribution in [3.8, 4) is 5.75 Å². The van der Waals surface area contributed by atoms with Gasteiger partial charge < -0.3 is 15.6 Å². The molecule has 0 aliphatic carbocycles. The van der Waals surface area contributed by atoms with Gasteiger partial charge in [-0.3, -0.25) is 4.79 Å². The fraction of sp³-hybridized carbons (Fsp3) is 0.417. The Hall–Kier alpha value is -1.69. The van der Waals surface area contributed by atoms with Crippen LogP contribution >= 0.6 is 0 Å². The molecule has 1 amide bonds. The van der Waals surface area contributed by atoms with Crippen LogP contribution in [0, 0.1) is 0 Å². The molecule has 4 nitrogen and oxygen atoms in total. The van der Waals surface area contributed by atoms with E-state index >= 15 is 0 Å². The number of halogens is 2. The van der Waals surface area contributed by atoms with Crippen molar-refractivity contribution < 1.29 is 23.4 Å². The number of nitrogens with two attached hydrogens (primary N) is 1. The van der Waals surface area contributed by atoms with Gasteiger partial charge in [0.25, 0.3) is 0 Å². The molecular weight excluding hydrogens is 244 g/mol. The first-order chi connectivity index (χ1) is 8.31. The molecule has 0 heterocycles. The second-order valence-electron chi connectivity index (χ2n) is 4.16. The van der Waals surface area contributed by atoms with E-state index in [4.69, 9.17) is 5.73 Å². The van der Waals surface area contributed by atoms with Crippen LogP contribution in [0.15, 0.2) is 24.3 Å². The molecule has 0 aromatic heterocycles. The van der Waals surface area contributed by atoms with E-state index in [-0.39, 0.29) is 12.2 Å². The molecule has 18 heavy (non-hydrogen) atoms. The molecular formula is C12H15F2NO3. The van der Waals surface area contributed by atoms with Crippen molar-refractivity contribution in [1.82, 2.24) is 0 Å². The maximum atomic E-state index is 11.9. The Morgan fingerprint density at radius 3 is 2.44 bits per heavy atom. The van der Waals surface area contributed by atoms with Crippen LogP contribution in [0.1, 0.15) is 18.9 Å². The first kappa shape index (κ1) is 14.4. The van der Waals surface area contributed by atoms with Gasteiger partial charge in [0, 0.05) is 0 Å². The summed E-state index contributed by atoms with van der Waals surface area (Å²) < 4.78 is 28.0. The lowest BCUT2D eigenvalue weighted by Gasteiger charge is -2.18. The van der Waals surface area contributed by atoms with Crippen LogP contribution in [-0.4, -0.2) is 23.2 Å². The highest BCUT2D eigenvalue weighted by Gasteiger charge is 2.26. The predicted octanol–water partition coefficient (Wildman–Crippen LogP) is 1.46. The normalized spacial score (nSPS) is 14.3. The molecule has 0 fully saturated rings. The first-order valence-electron chi connectivity index (χ1n) is 5.37. The van der Waals surface area contributed by atoms with Crippen LogP contribution in [0.3, 0.4) is 0 Å². The molecule has 1 aromatic rings. The highest BCUT2D eigenvalue weighted by atomic mass is 19.3. The Balaban J connectivity index is 2.57. The number of aryl methyl sites for hydroxylation is 1. The first-order valence-corrected chi connectivity index (χ1v) is 5.37. The Morgan fingerprint density at radius 2 is 2.00 bits per heavy atom.